The van der Waals surface area contributed by atoms with Gasteiger partial charge < -0.3 is 4.52 Å². The molecule has 158 valence electrons. The number of nitrogens with zero attached hydrogens (tertiary/aromatic N) is 1. The quantitative estimate of drug-likeness (QED) is 0.603. The van der Waals surface area contributed by atoms with Crippen LogP contribution in [0.5, 0.6) is 0 Å². The molecule has 3 rings (SSSR count). The summed E-state index contributed by atoms with van der Waals surface area (Å²) in [5, 5.41) is 6.45. The van der Waals surface area contributed by atoms with Crippen LogP contribution in [0.15, 0.2) is 45.8 Å². The van der Waals surface area contributed by atoms with Gasteiger partial charge in [-0.3, -0.25) is 14.8 Å². The summed E-state index contributed by atoms with van der Waals surface area (Å²) < 4.78 is 60.5. The maximum absolute atomic E-state index is 13.9. The molecule has 0 fully saturated rings. The molecule has 0 unspecified atom stereocenters. The Hall–Kier alpha value is -3.27. The number of amides is 1. The smallest absolute Gasteiger partial charge is 0.262 e. The minimum Gasteiger partial charge on any atom is -0.337 e. The first-order chi connectivity index (χ1) is 14.1. The van der Waals surface area contributed by atoms with Gasteiger partial charge in [-0.15, -0.1) is 0 Å². The van der Waals surface area contributed by atoms with E-state index in [9.17, 15) is 22.0 Å². The molecule has 0 saturated carbocycles. The highest BCUT2D eigenvalue weighted by atomic mass is 32.2. The summed E-state index contributed by atoms with van der Waals surface area (Å²) in [6.45, 7) is 4.71. The van der Waals surface area contributed by atoms with Gasteiger partial charge in [0.2, 0.25) is 11.8 Å². The molecule has 1 aromatic heterocycles. The van der Waals surface area contributed by atoms with Gasteiger partial charge in [-0.05, 0) is 42.7 Å². The fourth-order valence-corrected chi connectivity index (χ4v) is 4.26. The van der Waals surface area contributed by atoms with E-state index < -0.39 is 27.3 Å². The Morgan fingerprint density at radius 2 is 1.90 bits per heavy atom. The standard InChI is InChI=1S/C20H19F2N3O4S/c1-4-16-19(20(29-24-16)23-12(3)26)13-6-5-11(2)18(9-13)30(27,28)25-17-10-14(21)7-8-15(17)22/h5-10,25H,4H2,1-3H3,(H,23,26). The second kappa shape index (κ2) is 8.23. The molecule has 30 heavy (non-hydrogen) atoms. The molecule has 0 atom stereocenters. The van der Waals surface area contributed by atoms with Gasteiger partial charge in [-0.25, -0.2) is 17.2 Å². The largest absolute Gasteiger partial charge is 0.337 e. The van der Waals surface area contributed by atoms with E-state index in [0.717, 1.165) is 18.2 Å². The number of benzene rings is 2. The van der Waals surface area contributed by atoms with Crippen LogP contribution in [0.3, 0.4) is 0 Å². The van der Waals surface area contributed by atoms with Crippen molar-refractivity contribution in [2.45, 2.75) is 32.1 Å². The van der Waals surface area contributed by atoms with Crippen LogP contribution in [0.2, 0.25) is 0 Å². The first-order valence-corrected chi connectivity index (χ1v) is 10.5. The van der Waals surface area contributed by atoms with Crippen molar-refractivity contribution in [1.29, 1.82) is 0 Å². The molecule has 0 spiro atoms. The van der Waals surface area contributed by atoms with Crippen LogP contribution in [0, 0.1) is 18.6 Å². The molecule has 7 nitrogen and oxygen atoms in total. The van der Waals surface area contributed by atoms with Gasteiger partial charge in [0.1, 0.15) is 11.6 Å². The zero-order valence-corrected chi connectivity index (χ0v) is 17.2. The van der Waals surface area contributed by atoms with Crippen molar-refractivity contribution in [2.24, 2.45) is 0 Å². The number of hydrogen-bond acceptors (Lipinski definition) is 5. The molecule has 0 aliphatic heterocycles. The summed E-state index contributed by atoms with van der Waals surface area (Å²) in [6.07, 6.45) is 0.473. The number of hydrogen-bond donors (Lipinski definition) is 2. The maximum Gasteiger partial charge on any atom is 0.262 e. The SMILES string of the molecule is CCc1noc(NC(C)=O)c1-c1ccc(C)c(S(=O)(=O)Nc2cc(F)ccc2F)c1. The van der Waals surface area contributed by atoms with E-state index in [1.807, 2.05) is 6.92 Å². The average molecular weight is 435 g/mol. The van der Waals surface area contributed by atoms with Crippen LogP contribution >= 0.6 is 0 Å². The number of carbonyl (C=O) groups is 1. The number of aryl methyl sites for hydroxylation is 2. The molecule has 0 saturated heterocycles. The molecule has 2 N–H and O–H groups in total. The minimum absolute atomic E-state index is 0.0932. The number of anilines is 2. The second-order valence-corrected chi connectivity index (χ2v) is 8.23. The Kier molecular flexibility index (Phi) is 5.88. The average Bonchev–Trinajstić information content (AvgIpc) is 3.06. The highest BCUT2D eigenvalue weighted by Crippen LogP contribution is 2.35. The lowest BCUT2D eigenvalue weighted by Crippen LogP contribution is -2.15. The minimum atomic E-state index is -4.25. The Labute approximate surface area is 172 Å². The van der Waals surface area contributed by atoms with Gasteiger partial charge in [-0.2, -0.15) is 0 Å². The van der Waals surface area contributed by atoms with E-state index in [1.54, 1.807) is 19.1 Å². The predicted molar refractivity (Wildman–Crippen MR) is 108 cm³/mol. The van der Waals surface area contributed by atoms with E-state index >= 15 is 0 Å². The first kappa shape index (κ1) is 21.4. The fraction of sp³-hybridized carbons (Fsp3) is 0.200. The topological polar surface area (TPSA) is 101 Å². The molecular weight excluding hydrogens is 416 g/mol. The fourth-order valence-electron chi connectivity index (χ4n) is 2.93. The molecule has 0 aliphatic carbocycles. The molecule has 0 aliphatic rings. The normalized spacial score (nSPS) is 11.4. The number of aromatic nitrogens is 1. The molecule has 1 heterocycles. The van der Waals surface area contributed by atoms with Crippen LogP contribution < -0.4 is 10.0 Å². The van der Waals surface area contributed by atoms with Gasteiger partial charge in [-0.1, -0.05) is 24.2 Å². The zero-order valence-electron chi connectivity index (χ0n) is 16.4. The monoisotopic (exact) mass is 435 g/mol. The van der Waals surface area contributed by atoms with Gasteiger partial charge in [0.05, 0.1) is 21.8 Å². The van der Waals surface area contributed by atoms with Crippen LogP contribution in [-0.4, -0.2) is 19.5 Å². The van der Waals surface area contributed by atoms with Crippen molar-refractivity contribution in [3.63, 3.8) is 0 Å². The van der Waals surface area contributed by atoms with Crippen molar-refractivity contribution >= 4 is 27.5 Å². The van der Waals surface area contributed by atoms with Gasteiger partial charge >= 0.3 is 0 Å². The Balaban J connectivity index is 2.09. The number of halogens is 2. The van der Waals surface area contributed by atoms with Gasteiger partial charge in [0.15, 0.2) is 0 Å². The molecule has 2 aromatic carbocycles. The van der Waals surface area contributed by atoms with Gasteiger partial charge in [0.25, 0.3) is 10.0 Å². The summed E-state index contributed by atoms with van der Waals surface area (Å²) in [5.41, 5.74) is 1.29. The summed E-state index contributed by atoms with van der Waals surface area (Å²) in [4.78, 5) is 11.3. The highest BCUT2D eigenvalue weighted by molar-refractivity contribution is 7.92. The first-order valence-electron chi connectivity index (χ1n) is 8.97. The Morgan fingerprint density at radius 1 is 1.17 bits per heavy atom. The van der Waals surface area contributed by atoms with E-state index in [0.29, 0.717) is 28.8 Å². The summed E-state index contributed by atoms with van der Waals surface area (Å²) in [7, 11) is -4.25. The van der Waals surface area contributed by atoms with Crippen molar-refractivity contribution in [3.05, 3.63) is 59.3 Å². The summed E-state index contributed by atoms with van der Waals surface area (Å²) in [6, 6.07) is 7.08. The number of rotatable bonds is 6. The Morgan fingerprint density at radius 3 is 2.57 bits per heavy atom. The van der Waals surface area contributed by atoms with E-state index in [1.165, 1.54) is 13.0 Å². The lowest BCUT2D eigenvalue weighted by atomic mass is 10.0. The summed E-state index contributed by atoms with van der Waals surface area (Å²) in [5.74, 6) is -1.97. The molecule has 0 bridgehead atoms. The maximum atomic E-state index is 13.9. The van der Waals surface area contributed by atoms with E-state index in [2.05, 4.69) is 15.2 Å². The molecule has 1 amide bonds. The number of nitrogens with one attached hydrogen (secondary N) is 2. The number of sulfonamides is 1. The zero-order chi connectivity index (χ0) is 22.1. The summed E-state index contributed by atoms with van der Waals surface area (Å²) >= 11 is 0. The Bertz CT molecular complexity index is 1220. The highest BCUT2D eigenvalue weighted by Gasteiger charge is 2.23. The second-order valence-electron chi connectivity index (χ2n) is 6.58. The molecular formula is C20H19F2N3O4S. The lowest BCUT2D eigenvalue weighted by Gasteiger charge is -2.13. The van der Waals surface area contributed by atoms with Crippen molar-refractivity contribution < 1.29 is 26.5 Å². The van der Waals surface area contributed by atoms with Crippen LogP contribution in [0.4, 0.5) is 20.4 Å². The third-order valence-electron chi connectivity index (χ3n) is 4.33. The van der Waals surface area contributed by atoms with Crippen molar-refractivity contribution in [1.82, 2.24) is 5.16 Å². The van der Waals surface area contributed by atoms with Gasteiger partial charge in [0, 0.05) is 13.0 Å². The van der Waals surface area contributed by atoms with Crippen molar-refractivity contribution in [2.75, 3.05) is 10.0 Å². The van der Waals surface area contributed by atoms with Crippen molar-refractivity contribution in [3.8, 4) is 11.1 Å². The van der Waals surface area contributed by atoms with E-state index in [-0.39, 0.29) is 16.7 Å². The van der Waals surface area contributed by atoms with Crippen LogP contribution in [0.1, 0.15) is 25.1 Å². The predicted octanol–water partition coefficient (Wildman–Crippen LogP) is 4.25. The molecule has 3 aromatic rings. The lowest BCUT2D eigenvalue weighted by molar-refractivity contribution is -0.114. The third kappa shape index (κ3) is 4.33. The van der Waals surface area contributed by atoms with Crippen LogP contribution in [0.25, 0.3) is 11.1 Å². The third-order valence-corrected chi connectivity index (χ3v) is 5.83. The van der Waals surface area contributed by atoms with E-state index in [4.69, 9.17) is 4.52 Å². The number of carbonyl (C=O) groups excluding carboxylic acids is 1. The molecule has 10 heteroatoms. The van der Waals surface area contributed by atoms with Crippen LogP contribution in [-0.2, 0) is 21.2 Å². The molecule has 0 radical (unpaired) electrons.